The molecule has 0 saturated carbocycles. The Morgan fingerprint density at radius 2 is 1.83 bits per heavy atom. The fourth-order valence-electron chi connectivity index (χ4n) is 4.20. The molecule has 0 fully saturated rings. The molecule has 158 valence electrons. The minimum Gasteiger partial charge on any atom is -0.493 e. The lowest BCUT2D eigenvalue weighted by Gasteiger charge is -2.33. The predicted molar refractivity (Wildman–Crippen MR) is 114 cm³/mol. The topological polar surface area (TPSA) is 103 Å². The first-order valence-electron chi connectivity index (χ1n) is 9.54. The third-order valence-corrected chi connectivity index (χ3v) is 6.06. The first-order valence-corrected chi connectivity index (χ1v) is 10.8. The van der Waals surface area contributed by atoms with Crippen molar-refractivity contribution in [2.75, 3.05) is 32.9 Å². The molecule has 1 unspecified atom stereocenters. The van der Waals surface area contributed by atoms with Gasteiger partial charge in [0.25, 0.3) is 5.56 Å². The molecule has 2 N–H and O–H groups in total. The summed E-state index contributed by atoms with van der Waals surface area (Å²) in [6.07, 6.45) is 3.76. The second-order valence-corrected chi connectivity index (χ2v) is 7.78. The van der Waals surface area contributed by atoms with Gasteiger partial charge in [0.1, 0.15) is 5.82 Å². The van der Waals surface area contributed by atoms with Gasteiger partial charge in [0.05, 0.1) is 32.8 Å². The van der Waals surface area contributed by atoms with Crippen LogP contribution in [0.5, 0.6) is 17.2 Å². The Balaban J connectivity index is 2.04. The number of rotatable bonds is 5. The van der Waals surface area contributed by atoms with Gasteiger partial charge in [-0.15, -0.1) is 0 Å². The SMILES string of the molecule is COc1ccc(C2C3=C(CCCC3=O)Nc3nc(SC)[nH]c(=O)c32)c(OC)c1OC. The molecule has 2 aromatic rings. The standard InChI is InChI=1S/C21H23N3O5S/c1-27-13-9-8-10(17(28-2)18(13)29-3)14-15-11(6-5-7-12(15)25)22-19-16(14)20(26)24-21(23-19)30-4/h8-9,14H,5-7H2,1-4H3,(H2,22,23,24,26). The molecule has 0 spiro atoms. The monoisotopic (exact) mass is 429 g/mol. The van der Waals surface area contributed by atoms with Crippen LogP contribution in [0, 0.1) is 0 Å². The lowest BCUT2D eigenvalue weighted by Crippen LogP contribution is -2.33. The molecule has 9 heteroatoms. The van der Waals surface area contributed by atoms with Crippen LogP contribution in [0.15, 0.2) is 33.4 Å². The molecule has 0 amide bonds. The highest BCUT2D eigenvalue weighted by Crippen LogP contribution is 2.50. The summed E-state index contributed by atoms with van der Waals surface area (Å²) in [5.41, 5.74) is 2.16. The van der Waals surface area contributed by atoms with Crippen molar-refractivity contribution in [2.24, 2.45) is 0 Å². The highest BCUT2D eigenvalue weighted by molar-refractivity contribution is 7.98. The van der Waals surface area contributed by atoms with Crippen LogP contribution in [0.4, 0.5) is 5.82 Å². The highest BCUT2D eigenvalue weighted by Gasteiger charge is 2.40. The second kappa shape index (κ2) is 8.06. The molecule has 30 heavy (non-hydrogen) atoms. The van der Waals surface area contributed by atoms with Gasteiger partial charge in [-0.2, -0.15) is 0 Å². The Morgan fingerprint density at radius 1 is 1.07 bits per heavy atom. The van der Waals surface area contributed by atoms with E-state index in [1.807, 2.05) is 12.3 Å². The van der Waals surface area contributed by atoms with Crippen molar-refractivity contribution in [1.29, 1.82) is 0 Å². The Labute approximate surface area is 178 Å². The van der Waals surface area contributed by atoms with Gasteiger partial charge in [0.15, 0.2) is 22.4 Å². The predicted octanol–water partition coefficient (Wildman–Crippen LogP) is 3.08. The number of methoxy groups -OCH3 is 3. The van der Waals surface area contributed by atoms with E-state index in [4.69, 9.17) is 14.2 Å². The van der Waals surface area contributed by atoms with Crippen molar-refractivity contribution < 1.29 is 19.0 Å². The summed E-state index contributed by atoms with van der Waals surface area (Å²) in [6.45, 7) is 0. The average molecular weight is 429 g/mol. The van der Waals surface area contributed by atoms with Crippen LogP contribution in [0.1, 0.15) is 36.3 Å². The van der Waals surface area contributed by atoms with Gasteiger partial charge >= 0.3 is 0 Å². The molecular formula is C21H23N3O5S. The van der Waals surface area contributed by atoms with Gasteiger partial charge in [-0.25, -0.2) is 4.98 Å². The molecule has 1 aliphatic carbocycles. The number of fused-ring (bicyclic) bond motifs is 1. The number of benzene rings is 1. The Morgan fingerprint density at radius 3 is 2.50 bits per heavy atom. The van der Waals surface area contributed by atoms with Gasteiger partial charge in [-0.05, 0) is 25.2 Å². The molecule has 1 atom stereocenters. The summed E-state index contributed by atoms with van der Waals surface area (Å²) < 4.78 is 16.6. The number of Topliss-reactive ketones (excluding diaryl/α,β-unsaturated/α-hetero) is 1. The van der Waals surface area contributed by atoms with Crippen LogP contribution in [-0.4, -0.2) is 43.3 Å². The number of carbonyl (C=O) groups is 1. The van der Waals surface area contributed by atoms with Crippen LogP contribution < -0.4 is 25.1 Å². The number of carbonyl (C=O) groups excluding carboxylic acids is 1. The van der Waals surface area contributed by atoms with Crippen molar-refractivity contribution in [3.8, 4) is 17.2 Å². The second-order valence-electron chi connectivity index (χ2n) is 6.99. The third-order valence-electron chi connectivity index (χ3n) is 5.48. The highest BCUT2D eigenvalue weighted by atomic mass is 32.2. The number of ether oxygens (including phenoxy) is 3. The van der Waals surface area contributed by atoms with Crippen LogP contribution in [0.3, 0.4) is 0 Å². The number of allylic oxidation sites excluding steroid dienone is 2. The van der Waals surface area contributed by atoms with E-state index in [9.17, 15) is 9.59 Å². The van der Waals surface area contributed by atoms with E-state index in [-0.39, 0.29) is 11.3 Å². The molecule has 4 rings (SSSR count). The number of ketones is 1. The smallest absolute Gasteiger partial charge is 0.257 e. The molecule has 2 aliphatic rings. The van der Waals surface area contributed by atoms with E-state index in [0.29, 0.717) is 51.3 Å². The number of aromatic nitrogens is 2. The van der Waals surface area contributed by atoms with Crippen LogP contribution in [0.25, 0.3) is 0 Å². The summed E-state index contributed by atoms with van der Waals surface area (Å²) in [5.74, 6) is 1.21. The molecule has 0 radical (unpaired) electrons. The first kappa shape index (κ1) is 20.3. The maximum Gasteiger partial charge on any atom is 0.257 e. The van der Waals surface area contributed by atoms with Gasteiger partial charge < -0.3 is 24.5 Å². The van der Waals surface area contributed by atoms with Crippen LogP contribution in [-0.2, 0) is 4.79 Å². The molecule has 2 heterocycles. The maximum atomic E-state index is 13.1. The van der Waals surface area contributed by atoms with E-state index in [2.05, 4.69) is 15.3 Å². The average Bonchev–Trinajstić information content (AvgIpc) is 2.76. The minimum absolute atomic E-state index is 0.0181. The fraction of sp³-hybridized carbons (Fsp3) is 0.381. The lowest BCUT2D eigenvalue weighted by molar-refractivity contribution is -0.116. The molecular weight excluding hydrogens is 406 g/mol. The van der Waals surface area contributed by atoms with Crippen molar-refractivity contribution >= 4 is 23.4 Å². The zero-order chi connectivity index (χ0) is 21.4. The van der Waals surface area contributed by atoms with Crippen LogP contribution >= 0.6 is 11.8 Å². The summed E-state index contributed by atoms with van der Waals surface area (Å²) in [4.78, 5) is 33.5. The number of nitrogens with zero attached hydrogens (tertiary/aromatic N) is 1. The van der Waals surface area contributed by atoms with Crippen molar-refractivity contribution in [2.45, 2.75) is 30.3 Å². The Hall–Kier alpha value is -2.94. The van der Waals surface area contributed by atoms with Crippen molar-refractivity contribution in [3.63, 3.8) is 0 Å². The van der Waals surface area contributed by atoms with E-state index in [0.717, 1.165) is 18.5 Å². The van der Waals surface area contributed by atoms with Crippen molar-refractivity contribution in [3.05, 3.63) is 44.9 Å². The third kappa shape index (κ3) is 3.13. The van der Waals surface area contributed by atoms with E-state index in [1.54, 1.807) is 13.2 Å². The molecule has 1 aromatic carbocycles. The van der Waals surface area contributed by atoms with Crippen molar-refractivity contribution in [1.82, 2.24) is 9.97 Å². The maximum absolute atomic E-state index is 13.1. The van der Waals surface area contributed by atoms with Crippen LogP contribution in [0.2, 0.25) is 0 Å². The Bertz CT molecular complexity index is 1110. The first-order chi connectivity index (χ1) is 14.5. The summed E-state index contributed by atoms with van der Waals surface area (Å²) >= 11 is 1.35. The summed E-state index contributed by atoms with van der Waals surface area (Å²) in [6, 6.07) is 3.57. The van der Waals surface area contributed by atoms with Gasteiger partial charge in [-0.3, -0.25) is 9.59 Å². The van der Waals surface area contributed by atoms with E-state index >= 15 is 0 Å². The van der Waals surface area contributed by atoms with E-state index in [1.165, 1.54) is 26.0 Å². The van der Waals surface area contributed by atoms with E-state index < -0.39 is 5.92 Å². The number of aromatic amines is 1. The number of anilines is 1. The van der Waals surface area contributed by atoms with Gasteiger partial charge in [0, 0.05) is 23.3 Å². The van der Waals surface area contributed by atoms with Gasteiger partial charge in [-0.1, -0.05) is 17.8 Å². The molecule has 1 aromatic heterocycles. The molecule has 1 aliphatic heterocycles. The number of nitrogens with one attached hydrogen (secondary N) is 2. The largest absolute Gasteiger partial charge is 0.493 e. The summed E-state index contributed by atoms with van der Waals surface area (Å²) in [7, 11) is 4.59. The number of hydrogen-bond donors (Lipinski definition) is 2. The number of H-pyrrole nitrogens is 1. The zero-order valence-electron chi connectivity index (χ0n) is 17.3. The zero-order valence-corrected chi connectivity index (χ0v) is 18.1. The molecule has 8 nitrogen and oxygen atoms in total. The van der Waals surface area contributed by atoms with Gasteiger partial charge in [0.2, 0.25) is 5.75 Å². The molecule has 0 bridgehead atoms. The fourth-order valence-corrected chi connectivity index (χ4v) is 4.58. The summed E-state index contributed by atoms with van der Waals surface area (Å²) in [5, 5.41) is 3.76. The molecule has 0 saturated heterocycles. The minimum atomic E-state index is -0.619. The Kier molecular flexibility index (Phi) is 5.46. The number of hydrogen-bond acceptors (Lipinski definition) is 8. The lowest BCUT2D eigenvalue weighted by atomic mass is 9.76. The quantitative estimate of drug-likeness (QED) is 0.552. The normalized spacial score (nSPS) is 17.7. The number of thioether (sulfide) groups is 1.